The number of benzene rings is 1. The van der Waals surface area contributed by atoms with Gasteiger partial charge in [0, 0.05) is 83.0 Å². The van der Waals surface area contributed by atoms with Crippen molar-refractivity contribution in [3.05, 3.63) is 29.3 Å². The maximum Gasteiger partial charge on any atom is 0.416 e. The van der Waals surface area contributed by atoms with Gasteiger partial charge in [0.25, 0.3) is 5.91 Å². The highest BCUT2D eigenvalue weighted by Crippen LogP contribution is 2.45. The average Bonchev–Trinajstić information content (AvgIpc) is 3.76. The van der Waals surface area contributed by atoms with E-state index in [0.717, 1.165) is 57.3 Å². The van der Waals surface area contributed by atoms with Crippen molar-refractivity contribution in [3.63, 3.8) is 0 Å². The number of alkyl halides is 4. The number of carboxylic acids is 1. The Hall–Kier alpha value is -2.44. The summed E-state index contributed by atoms with van der Waals surface area (Å²) < 4.78 is 69.5. The van der Waals surface area contributed by atoms with Crippen LogP contribution in [-0.2, 0) is 25.2 Å². The van der Waals surface area contributed by atoms with Crippen LogP contribution < -0.4 is 4.90 Å². The van der Waals surface area contributed by atoms with Gasteiger partial charge in [-0.1, -0.05) is 6.07 Å². The third-order valence-electron chi connectivity index (χ3n) is 11.3. The molecule has 4 saturated heterocycles. The maximum atomic E-state index is 16.5. The van der Waals surface area contributed by atoms with Crippen molar-refractivity contribution < 1.29 is 41.7 Å². The Morgan fingerprint density at radius 2 is 1.78 bits per heavy atom. The zero-order chi connectivity index (χ0) is 32.0. The van der Waals surface area contributed by atoms with Gasteiger partial charge in [-0.2, -0.15) is 13.2 Å². The Labute approximate surface area is 262 Å². The molecule has 5 aliphatic rings. The molecule has 12 heteroatoms. The first-order valence-electron chi connectivity index (χ1n) is 16.5. The molecule has 250 valence electrons. The summed E-state index contributed by atoms with van der Waals surface area (Å²) in [4.78, 5) is 30.9. The molecule has 5 fully saturated rings. The number of nitrogens with zero attached hydrogens (tertiary/aromatic N) is 3. The third kappa shape index (κ3) is 6.56. The van der Waals surface area contributed by atoms with Crippen molar-refractivity contribution in [1.29, 1.82) is 0 Å². The minimum atomic E-state index is -4.55. The molecule has 3 atom stereocenters. The number of likely N-dealkylation sites (tertiary alicyclic amines) is 2. The topological polar surface area (TPSA) is 82.6 Å². The Bertz CT molecular complexity index is 1240. The fourth-order valence-electron chi connectivity index (χ4n) is 8.66. The highest BCUT2D eigenvalue weighted by atomic mass is 19.4. The van der Waals surface area contributed by atoms with Crippen molar-refractivity contribution >= 4 is 17.6 Å². The number of ether oxygens (including phenoxy) is 2. The van der Waals surface area contributed by atoms with E-state index < -0.39 is 35.2 Å². The van der Waals surface area contributed by atoms with Gasteiger partial charge in [-0.05, 0) is 69.1 Å². The number of carbonyl (C=O) groups is 2. The molecule has 1 aliphatic carbocycles. The lowest BCUT2D eigenvalue weighted by molar-refractivity contribution is -0.143. The Morgan fingerprint density at radius 1 is 1.04 bits per heavy atom. The number of hydrogen-bond acceptors (Lipinski definition) is 6. The number of anilines is 1. The number of carbonyl (C=O) groups excluding carboxylic acids is 1. The minimum absolute atomic E-state index is 0.0108. The highest BCUT2D eigenvalue weighted by Gasteiger charge is 2.52. The van der Waals surface area contributed by atoms with Crippen LogP contribution in [0.1, 0.15) is 74.8 Å². The van der Waals surface area contributed by atoms with Crippen molar-refractivity contribution in [2.24, 2.45) is 11.8 Å². The summed E-state index contributed by atoms with van der Waals surface area (Å²) >= 11 is 0. The van der Waals surface area contributed by atoms with Gasteiger partial charge in [0.15, 0.2) is 0 Å². The number of aliphatic carboxylic acids is 1. The summed E-state index contributed by atoms with van der Waals surface area (Å²) in [6.07, 6.45) is 2.24. The van der Waals surface area contributed by atoms with Gasteiger partial charge in [0.2, 0.25) is 5.67 Å². The first-order chi connectivity index (χ1) is 21.4. The number of methoxy groups -OCH3 is 1. The van der Waals surface area contributed by atoms with E-state index in [0.29, 0.717) is 43.7 Å². The normalized spacial score (nSPS) is 33.4. The van der Waals surface area contributed by atoms with E-state index in [1.54, 1.807) is 12.0 Å². The number of amides is 1. The number of halogens is 4. The molecule has 1 N–H and O–H groups in total. The molecule has 45 heavy (non-hydrogen) atoms. The van der Waals surface area contributed by atoms with E-state index in [9.17, 15) is 27.9 Å². The van der Waals surface area contributed by atoms with Crippen LogP contribution >= 0.6 is 0 Å². The number of hydrogen-bond donors (Lipinski definition) is 1. The van der Waals surface area contributed by atoms with Crippen LogP contribution in [0.2, 0.25) is 0 Å². The Morgan fingerprint density at radius 3 is 2.40 bits per heavy atom. The zero-order valence-electron chi connectivity index (χ0n) is 26.0. The second-order valence-electron chi connectivity index (χ2n) is 14.0. The van der Waals surface area contributed by atoms with Crippen molar-refractivity contribution in [1.82, 2.24) is 9.80 Å². The third-order valence-corrected chi connectivity index (χ3v) is 11.3. The highest BCUT2D eigenvalue weighted by molar-refractivity contribution is 5.86. The molecule has 1 aromatic carbocycles. The molecular weight excluding hydrogens is 594 g/mol. The van der Waals surface area contributed by atoms with Crippen LogP contribution in [0, 0.1) is 11.8 Å². The van der Waals surface area contributed by atoms with E-state index >= 15 is 4.39 Å². The molecule has 4 aliphatic heterocycles. The average molecular weight is 640 g/mol. The van der Waals surface area contributed by atoms with E-state index in [4.69, 9.17) is 9.47 Å². The molecule has 0 bridgehead atoms. The molecule has 0 unspecified atom stereocenters. The molecule has 1 saturated carbocycles. The first kappa shape index (κ1) is 32.5. The van der Waals surface area contributed by atoms with Crippen LogP contribution in [0.3, 0.4) is 0 Å². The van der Waals surface area contributed by atoms with Crippen LogP contribution in [0.25, 0.3) is 0 Å². The Kier molecular flexibility index (Phi) is 9.13. The second-order valence-corrected chi connectivity index (χ2v) is 14.0. The molecule has 8 nitrogen and oxygen atoms in total. The van der Waals surface area contributed by atoms with E-state index in [-0.39, 0.29) is 56.1 Å². The van der Waals surface area contributed by atoms with Crippen LogP contribution in [0.4, 0.5) is 23.2 Å². The van der Waals surface area contributed by atoms with Gasteiger partial charge in [0.05, 0.1) is 23.7 Å². The molecule has 0 aromatic heterocycles. The monoisotopic (exact) mass is 639 g/mol. The van der Waals surface area contributed by atoms with E-state index in [2.05, 4.69) is 4.90 Å². The first-order valence-corrected chi connectivity index (χ1v) is 16.5. The maximum absolute atomic E-state index is 16.5. The summed E-state index contributed by atoms with van der Waals surface area (Å²) in [6, 6.07) is 3.92. The van der Waals surface area contributed by atoms with E-state index in [1.165, 1.54) is 6.07 Å². The summed E-state index contributed by atoms with van der Waals surface area (Å²) in [7, 11) is 1.54. The lowest BCUT2D eigenvalue weighted by Crippen LogP contribution is -2.49. The van der Waals surface area contributed by atoms with E-state index in [1.807, 2.05) is 4.90 Å². The SMILES string of the molecule is COC[C@H]1CN(C(=O)[C@@]2(F)CCN([C@H]3CC[C@@]4(CCCO4)CC3)C2)C[C@@H]1c1ccc(C(F)(F)F)cc1N1CCC(C(=O)O)CC1. The predicted octanol–water partition coefficient (Wildman–Crippen LogP) is 5.10. The second kappa shape index (κ2) is 12.6. The largest absolute Gasteiger partial charge is 0.481 e. The summed E-state index contributed by atoms with van der Waals surface area (Å²) in [5.41, 5.74) is -1.74. The number of rotatable bonds is 7. The van der Waals surface area contributed by atoms with Gasteiger partial charge >= 0.3 is 12.1 Å². The van der Waals surface area contributed by atoms with Gasteiger partial charge in [-0.25, -0.2) is 4.39 Å². The van der Waals surface area contributed by atoms with Crippen molar-refractivity contribution in [2.45, 2.75) is 87.2 Å². The smallest absolute Gasteiger partial charge is 0.416 e. The number of piperidine rings is 1. The van der Waals surface area contributed by atoms with Crippen LogP contribution in [-0.4, -0.2) is 104 Å². The molecule has 0 radical (unpaired) electrons. The molecule has 4 heterocycles. The zero-order valence-corrected chi connectivity index (χ0v) is 26.0. The molecule has 6 rings (SSSR count). The van der Waals surface area contributed by atoms with Crippen LogP contribution in [0.15, 0.2) is 18.2 Å². The quantitative estimate of drug-likeness (QED) is 0.416. The molecule has 1 amide bonds. The van der Waals surface area contributed by atoms with Gasteiger partial charge < -0.3 is 24.4 Å². The summed E-state index contributed by atoms with van der Waals surface area (Å²) in [6.45, 7) is 2.74. The molecule has 1 spiro atoms. The van der Waals surface area contributed by atoms with Crippen molar-refractivity contribution in [3.8, 4) is 0 Å². The van der Waals surface area contributed by atoms with Gasteiger partial charge in [0.1, 0.15) is 0 Å². The van der Waals surface area contributed by atoms with Gasteiger partial charge in [-0.15, -0.1) is 0 Å². The molecule has 1 aromatic rings. The predicted molar refractivity (Wildman–Crippen MR) is 159 cm³/mol. The number of carboxylic acid groups (broad SMARTS) is 1. The standard InChI is InChI=1S/C33H45F4N3O5/c1-44-20-23-18-40(30(43)32(34)12-15-39(21-32)25-5-10-31(11-6-25)9-2-16-45-31)19-27(23)26-4-3-24(33(35,36)37)17-28(26)38-13-7-22(8-14-38)29(41)42/h3-4,17,22-23,25,27H,2,5-16,18-21H2,1H3,(H,41,42)/t23-,25-,27+,31-,32-/m1/s1. The van der Waals surface area contributed by atoms with Crippen molar-refractivity contribution in [2.75, 3.05) is 64.5 Å². The molecular formula is C33H45F4N3O5. The van der Waals surface area contributed by atoms with Crippen LogP contribution in [0.5, 0.6) is 0 Å². The lowest BCUT2D eigenvalue weighted by Gasteiger charge is -2.40. The minimum Gasteiger partial charge on any atom is -0.481 e. The van der Waals surface area contributed by atoms with Gasteiger partial charge in [-0.3, -0.25) is 14.5 Å². The Balaban J connectivity index is 1.18. The fourth-order valence-corrected chi connectivity index (χ4v) is 8.66. The summed E-state index contributed by atoms with van der Waals surface area (Å²) in [5.74, 6) is -2.56. The lowest BCUT2D eigenvalue weighted by atomic mass is 9.80. The fraction of sp³-hybridized carbons (Fsp3) is 0.758. The summed E-state index contributed by atoms with van der Waals surface area (Å²) in [5, 5.41) is 9.44.